The van der Waals surface area contributed by atoms with Crippen LogP contribution in [0.4, 0.5) is 4.79 Å². The van der Waals surface area contributed by atoms with Crippen molar-refractivity contribution in [3.05, 3.63) is 72.0 Å². The molecule has 5 heteroatoms. The predicted molar refractivity (Wildman–Crippen MR) is 109 cm³/mol. The summed E-state index contributed by atoms with van der Waals surface area (Å²) in [5.74, 6) is 0.787. The van der Waals surface area contributed by atoms with E-state index in [9.17, 15) is 4.79 Å². The van der Waals surface area contributed by atoms with Crippen LogP contribution in [0.3, 0.4) is 0 Å². The second kappa shape index (κ2) is 8.73. The van der Waals surface area contributed by atoms with Crippen LogP contribution in [0, 0.1) is 0 Å². The van der Waals surface area contributed by atoms with Crippen LogP contribution in [0.5, 0.6) is 0 Å². The standard InChI is InChI=1S/C22H27N3O2/c1-17(21-15-19-11-7-8-12-20(19)27-21)25(3)22(26)23-13-14-24(2)16-18-9-5-4-6-10-18/h4-12,15,17H,13-14,16H2,1-3H3,(H,23,26). The third-order valence-corrected chi connectivity index (χ3v) is 4.82. The Morgan fingerprint density at radius 3 is 2.52 bits per heavy atom. The number of para-hydroxylation sites is 1. The van der Waals surface area contributed by atoms with Gasteiger partial charge in [-0.2, -0.15) is 0 Å². The van der Waals surface area contributed by atoms with Crippen LogP contribution in [0.1, 0.15) is 24.3 Å². The minimum atomic E-state index is -0.139. The number of likely N-dealkylation sites (N-methyl/N-ethyl adjacent to an activating group) is 1. The van der Waals surface area contributed by atoms with Gasteiger partial charge in [-0.15, -0.1) is 0 Å². The number of benzene rings is 2. The third kappa shape index (κ3) is 4.89. The van der Waals surface area contributed by atoms with Gasteiger partial charge in [-0.05, 0) is 31.7 Å². The van der Waals surface area contributed by atoms with Gasteiger partial charge >= 0.3 is 6.03 Å². The zero-order valence-electron chi connectivity index (χ0n) is 16.2. The van der Waals surface area contributed by atoms with Crippen molar-refractivity contribution in [2.75, 3.05) is 27.2 Å². The molecule has 1 atom stereocenters. The van der Waals surface area contributed by atoms with Crippen molar-refractivity contribution in [1.82, 2.24) is 15.1 Å². The normalized spacial score (nSPS) is 12.3. The molecule has 2 aromatic carbocycles. The Balaban J connectivity index is 1.48. The summed E-state index contributed by atoms with van der Waals surface area (Å²) in [6.07, 6.45) is 0. The summed E-state index contributed by atoms with van der Waals surface area (Å²) in [7, 11) is 3.85. The highest BCUT2D eigenvalue weighted by molar-refractivity contribution is 5.78. The topological polar surface area (TPSA) is 48.7 Å². The third-order valence-electron chi connectivity index (χ3n) is 4.82. The van der Waals surface area contributed by atoms with E-state index in [1.807, 2.05) is 55.5 Å². The molecule has 5 nitrogen and oxygen atoms in total. The second-order valence-corrected chi connectivity index (χ2v) is 6.93. The number of fused-ring (bicyclic) bond motifs is 1. The summed E-state index contributed by atoms with van der Waals surface area (Å²) in [5.41, 5.74) is 2.11. The van der Waals surface area contributed by atoms with E-state index >= 15 is 0 Å². The average Bonchev–Trinajstić information content (AvgIpc) is 3.11. The molecule has 27 heavy (non-hydrogen) atoms. The van der Waals surface area contributed by atoms with Gasteiger partial charge in [-0.1, -0.05) is 48.5 Å². The fourth-order valence-corrected chi connectivity index (χ4v) is 3.03. The summed E-state index contributed by atoms with van der Waals surface area (Å²) in [4.78, 5) is 16.3. The van der Waals surface area contributed by atoms with Crippen molar-refractivity contribution in [3.63, 3.8) is 0 Å². The van der Waals surface area contributed by atoms with Crippen molar-refractivity contribution in [2.45, 2.75) is 19.5 Å². The SMILES string of the molecule is CC(c1cc2ccccc2o1)N(C)C(=O)NCCN(C)Cc1ccccc1. The molecular formula is C22H27N3O2. The Morgan fingerprint density at radius 1 is 1.07 bits per heavy atom. The number of nitrogens with zero attached hydrogens (tertiary/aromatic N) is 2. The molecule has 142 valence electrons. The van der Waals surface area contributed by atoms with E-state index in [1.54, 1.807) is 11.9 Å². The molecule has 0 spiro atoms. The number of furan rings is 1. The van der Waals surface area contributed by atoms with Crippen LogP contribution in [0.2, 0.25) is 0 Å². The van der Waals surface area contributed by atoms with Crippen LogP contribution in [-0.4, -0.2) is 43.0 Å². The van der Waals surface area contributed by atoms with E-state index in [2.05, 4.69) is 29.4 Å². The predicted octanol–water partition coefficient (Wildman–Crippen LogP) is 4.27. The Hall–Kier alpha value is -2.79. The van der Waals surface area contributed by atoms with Crippen LogP contribution in [0.25, 0.3) is 11.0 Å². The molecule has 3 aromatic rings. The lowest BCUT2D eigenvalue weighted by Crippen LogP contribution is -2.41. The summed E-state index contributed by atoms with van der Waals surface area (Å²) < 4.78 is 5.88. The van der Waals surface area contributed by atoms with Crippen LogP contribution < -0.4 is 5.32 Å². The Kier molecular flexibility index (Phi) is 6.14. The molecule has 0 aliphatic heterocycles. The van der Waals surface area contributed by atoms with Crippen molar-refractivity contribution in [1.29, 1.82) is 0 Å². The molecule has 0 bridgehead atoms. The maximum Gasteiger partial charge on any atom is 0.317 e. The van der Waals surface area contributed by atoms with Gasteiger partial charge in [0.25, 0.3) is 0 Å². The molecule has 1 N–H and O–H groups in total. The van der Waals surface area contributed by atoms with Gasteiger partial charge in [0.1, 0.15) is 11.3 Å². The monoisotopic (exact) mass is 365 g/mol. The fraction of sp³-hybridized carbons (Fsp3) is 0.318. The first kappa shape index (κ1) is 19.0. The van der Waals surface area contributed by atoms with E-state index in [0.29, 0.717) is 6.54 Å². The highest BCUT2D eigenvalue weighted by Crippen LogP contribution is 2.26. The minimum Gasteiger partial charge on any atom is -0.459 e. The average molecular weight is 365 g/mol. The highest BCUT2D eigenvalue weighted by atomic mass is 16.3. The summed E-state index contributed by atoms with van der Waals surface area (Å²) in [6, 6.07) is 20.0. The van der Waals surface area contributed by atoms with Crippen molar-refractivity contribution < 1.29 is 9.21 Å². The van der Waals surface area contributed by atoms with Gasteiger partial charge in [-0.3, -0.25) is 0 Å². The molecule has 0 saturated heterocycles. The molecule has 1 unspecified atom stereocenters. The van der Waals surface area contributed by atoms with Crippen molar-refractivity contribution >= 4 is 17.0 Å². The summed E-state index contributed by atoms with van der Waals surface area (Å²) in [5, 5.41) is 4.04. The lowest BCUT2D eigenvalue weighted by Gasteiger charge is -2.24. The number of nitrogens with one attached hydrogen (secondary N) is 1. The highest BCUT2D eigenvalue weighted by Gasteiger charge is 2.20. The number of carbonyl (C=O) groups excluding carboxylic acids is 1. The van der Waals surface area contributed by atoms with Gasteiger partial charge in [0.15, 0.2) is 0 Å². The van der Waals surface area contributed by atoms with Crippen LogP contribution in [0.15, 0.2) is 65.1 Å². The molecule has 0 fully saturated rings. The van der Waals surface area contributed by atoms with Gasteiger partial charge in [0, 0.05) is 32.1 Å². The van der Waals surface area contributed by atoms with E-state index in [-0.39, 0.29) is 12.1 Å². The molecule has 0 saturated carbocycles. The maximum atomic E-state index is 12.5. The Morgan fingerprint density at radius 2 is 1.78 bits per heavy atom. The smallest absolute Gasteiger partial charge is 0.317 e. The largest absolute Gasteiger partial charge is 0.459 e. The first-order valence-electron chi connectivity index (χ1n) is 9.26. The van der Waals surface area contributed by atoms with Gasteiger partial charge in [-0.25, -0.2) is 4.79 Å². The molecule has 1 heterocycles. The number of hydrogen-bond donors (Lipinski definition) is 1. The number of amides is 2. The van der Waals surface area contributed by atoms with Crippen LogP contribution >= 0.6 is 0 Å². The maximum absolute atomic E-state index is 12.5. The van der Waals surface area contributed by atoms with Crippen molar-refractivity contribution in [2.24, 2.45) is 0 Å². The van der Waals surface area contributed by atoms with E-state index < -0.39 is 0 Å². The number of rotatable bonds is 7. The number of urea groups is 1. The van der Waals surface area contributed by atoms with E-state index in [4.69, 9.17) is 4.42 Å². The molecule has 2 amide bonds. The molecule has 3 rings (SSSR count). The number of carbonyl (C=O) groups is 1. The molecular weight excluding hydrogens is 338 g/mol. The lowest BCUT2D eigenvalue weighted by atomic mass is 10.2. The molecule has 0 radical (unpaired) electrons. The van der Waals surface area contributed by atoms with E-state index in [1.165, 1.54) is 5.56 Å². The zero-order chi connectivity index (χ0) is 19.2. The fourth-order valence-electron chi connectivity index (χ4n) is 3.03. The van der Waals surface area contributed by atoms with Crippen molar-refractivity contribution in [3.8, 4) is 0 Å². The quantitative estimate of drug-likeness (QED) is 0.680. The van der Waals surface area contributed by atoms with Crippen LogP contribution in [-0.2, 0) is 6.54 Å². The first-order valence-corrected chi connectivity index (χ1v) is 9.26. The molecule has 1 aromatic heterocycles. The zero-order valence-corrected chi connectivity index (χ0v) is 16.2. The molecule has 0 aliphatic carbocycles. The Labute approximate surface area is 160 Å². The number of hydrogen-bond acceptors (Lipinski definition) is 3. The second-order valence-electron chi connectivity index (χ2n) is 6.93. The van der Waals surface area contributed by atoms with Gasteiger partial charge in [0.2, 0.25) is 0 Å². The van der Waals surface area contributed by atoms with E-state index in [0.717, 1.165) is 29.8 Å². The Bertz CT molecular complexity index is 842. The first-order chi connectivity index (χ1) is 13.0. The molecule has 0 aliphatic rings. The minimum absolute atomic E-state index is 0.101. The summed E-state index contributed by atoms with van der Waals surface area (Å²) >= 11 is 0. The van der Waals surface area contributed by atoms with Gasteiger partial charge < -0.3 is 19.5 Å². The summed E-state index contributed by atoms with van der Waals surface area (Å²) in [6.45, 7) is 4.22. The van der Waals surface area contributed by atoms with Gasteiger partial charge in [0.05, 0.1) is 6.04 Å². The lowest BCUT2D eigenvalue weighted by molar-refractivity contribution is 0.186.